The maximum absolute atomic E-state index is 9.55. The number of rotatable bonds is 6. The number of hydrogen-bond donors (Lipinski definition) is 4. The Bertz CT molecular complexity index is 1230. The first-order valence-corrected chi connectivity index (χ1v) is 13.7. The van der Waals surface area contributed by atoms with Gasteiger partial charge in [0.2, 0.25) is 5.79 Å². The van der Waals surface area contributed by atoms with Gasteiger partial charge < -0.3 is 34.8 Å². The van der Waals surface area contributed by atoms with Gasteiger partial charge in [-0.15, -0.1) is 0 Å². The van der Waals surface area contributed by atoms with Gasteiger partial charge in [0.1, 0.15) is 0 Å². The van der Waals surface area contributed by atoms with E-state index >= 15 is 0 Å². The van der Waals surface area contributed by atoms with Crippen LogP contribution < -0.4 is 0 Å². The molecule has 1 unspecified atom stereocenters. The van der Waals surface area contributed by atoms with Gasteiger partial charge in [-0.05, 0) is 31.0 Å². The van der Waals surface area contributed by atoms with E-state index in [0.717, 1.165) is 45.6 Å². The second-order valence-corrected chi connectivity index (χ2v) is 10.1. The van der Waals surface area contributed by atoms with E-state index in [1.165, 1.54) is 22.3 Å². The van der Waals surface area contributed by atoms with E-state index in [9.17, 15) is 19.2 Å². The molecule has 1 spiro atoms. The van der Waals surface area contributed by atoms with Crippen LogP contribution in [0.15, 0.2) is 72.8 Å². The molecule has 2 fully saturated rings. The van der Waals surface area contributed by atoms with Crippen LogP contribution in [0.1, 0.15) is 22.3 Å². The quantitative estimate of drug-likeness (QED) is 0.358. The zero-order chi connectivity index (χ0) is 31.4. The molecule has 4 N–H and O–H groups in total. The molecular formula is C31H36N2O10. The summed E-state index contributed by atoms with van der Waals surface area (Å²) in [6, 6.07) is 17.3. The number of nitrogens with zero attached hydrogens (tertiary/aromatic N) is 2. The molecule has 2 aromatic rings. The van der Waals surface area contributed by atoms with Crippen molar-refractivity contribution in [1.29, 1.82) is 0 Å². The molecule has 1 atom stereocenters. The summed E-state index contributed by atoms with van der Waals surface area (Å²) in [5, 5.41) is 31.2. The minimum atomic E-state index is -1.26. The standard InChI is InChI=1S/C23H28N2O2.2C4H4O4/c1-24-12-14-25(15-13-24)16-20-17-26-23(27-20)21-8-4-2-6-18(21)10-11-19-7-3-5-9-22(19)23;2*5-3(6)1-2-4(7)8/h2-9,20H,10-17H2,1H3;2*1-2H,(H,5,6)(H,7,8)/b;2*2-1+. The lowest BCUT2D eigenvalue weighted by Gasteiger charge is -2.34. The third kappa shape index (κ3) is 9.86. The molecule has 5 rings (SSSR count). The zero-order valence-corrected chi connectivity index (χ0v) is 23.8. The molecule has 3 aliphatic rings. The number of benzene rings is 2. The molecule has 12 nitrogen and oxygen atoms in total. The first-order chi connectivity index (χ1) is 20.5. The number of fused-ring (bicyclic) bond motifs is 4. The second-order valence-electron chi connectivity index (χ2n) is 10.1. The highest BCUT2D eigenvalue weighted by atomic mass is 16.7. The number of carboxylic acid groups (broad SMARTS) is 4. The molecule has 0 bridgehead atoms. The average molecular weight is 597 g/mol. The lowest BCUT2D eigenvalue weighted by molar-refractivity contribution is -0.145. The maximum atomic E-state index is 9.55. The highest BCUT2D eigenvalue weighted by Gasteiger charge is 2.48. The molecule has 0 radical (unpaired) electrons. The Balaban J connectivity index is 0.000000263. The fourth-order valence-corrected chi connectivity index (χ4v) is 5.02. The number of likely N-dealkylation sites (N-methyl/N-ethyl adjacent to an activating group) is 1. The predicted octanol–water partition coefficient (Wildman–Crippen LogP) is 2.07. The normalized spacial score (nSPS) is 19.3. The van der Waals surface area contributed by atoms with Gasteiger partial charge in [-0.25, -0.2) is 19.2 Å². The fraction of sp³-hybridized carbons (Fsp3) is 0.355. The van der Waals surface area contributed by atoms with Crippen molar-refractivity contribution in [3.8, 4) is 0 Å². The summed E-state index contributed by atoms with van der Waals surface area (Å²) in [5.41, 5.74) is 5.06. The average Bonchev–Trinajstić information content (AvgIpc) is 3.34. The van der Waals surface area contributed by atoms with Crippen LogP contribution in [-0.2, 0) is 47.3 Å². The lowest BCUT2D eigenvalue weighted by Crippen LogP contribution is -2.47. The fourth-order valence-electron chi connectivity index (χ4n) is 5.02. The summed E-state index contributed by atoms with van der Waals surface area (Å²) in [6.45, 7) is 6.07. The van der Waals surface area contributed by atoms with Crippen molar-refractivity contribution in [3.05, 3.63) is 95.1 Å². The molecule has 2 aliphatic heterocycles. The van der Waals surface area contributed by atoms with E-state index in [2.05, 4.69) is 65.4 Å². The van der Waals surface area contributed by atoms with Gasteiger partial charge in [-0.1, -0.05) is 48.5 Å². The third-order valence-corrected chi connectivity index (χ3v) is 7.01. The molecule has 230 valence electrons. The van der Waals surface area contributed by atoms with Crippen LogP contribution in [0.5, 0.6) is 0 Å². The summed E-state index contributed by atoms with van der Waals surface area (Å²) in [7, 11) is 2.20. The minimum absolute atomic E-state index is 0.104. The maximum Gasteiger partial charge on any atom is 0.328 e. The smallest absolute Gasteiger partial charge is 0.328 e. The summed E-state index contributed by atoms with van der Waals surface area (Å²) in [4.78, 5) is 43.1. The number of aliphatic carboxylic acids is 4. The topological polar surface area (TPSA) is 174 Å². The number of piperazine rings is 1. The van der Waals surface area contributed by atoms with Gasteiger partial charge >= 0.3 is 23.9 Å². The van der Waals surface area contributed by atoms with Gasteiger partial charge in [0.05, 0.1) is 12.7 Å². The Morgan fingerprint density at radius 1 is 0.744 bits per heavy atom. The first kappa shape index (κ1) is 33.1. The summed E-state index contributed by atoms with van der Waals surface area (Å²) >= 11 is 0. The lowest BCUT2D eigenvalue weighted by atomic mass is 9.93. The monoisotopic (exact) mass is 596 g/mol. The highest BCUT2D eigenvalue weighted by Crippen LogP contribution is 2.45. The second kappa shape index (κ2) is 15.8. The SMILES string of the molecule is CN1CCN(CC2COC3(O2)c2ccccc2CCc2ccccc23)CC1.O=C(O)/C=C/C(=O)O.O=C(O)/C=C/C(=O)O. The first-order valence-electron chi connectivity index (χ1n) is 13.7. The highest BCUT2D eigenvalue weighted by molar-refractivity contribution is 5.90. The van der Waals surface area contributed by atoms with Crippen molar-refractivity contribution in [1.82, 2.24) is 9.80 Å². The van der Waals surface area contributed by atoms with Crippen molar-refractivity contribution in [2.24, 2.45) is 0 Å². The number of ether oxygens (including phenoxy) is 2. The molecule has 12 heteroatoms. The van der Waals surface area contributed by atoms with Crippen molar-refractivity contribution in [2.75, 3.05) is 46.4 Å². The van der Waals surface area contributed by atoms with Crippen molar-refractivity contribution in [3.63, 3.8) is 0 Å². The molecule has 43 heavy (non-hydrogen) atoms. The van der Waals surface area contributed by atoms with Gasteiger partial charge in [0.15, 0.2) is 0 Å². The number of hydrogen-bond acceptors (Lipinski definition) is 8. The molecule has 2 aromatic carbocycles. The van der Waals surface area contributed by atoms with Crippen LogP contribution in [0, 0.1) is 0 Å². The van der Waals surface area contributed by atoms with Crippen LogP contribution >= 0.6 is 0 Å². The Morgan fingerprint density at radius 3 is 1.58 bits per heavy atom. The number of carbonyl (C=O) groups is 4. The molecule has 1 aliphatic carbocycles. The zero-order valence-electron chi connectivity index (χ0n) is 23.8. The molecule has 2 saturated heterocycles. The molecule has 0 aromatic heterocycles. The van der Waals surface area contributed by atoms with Crippen LogP contribution in [0.25, 0.3) is 0 Å². The Labute approximate surface area is 249 Å². The van der Waals surface area contributed by atoms with Crippen LogP contribution in [-0.4, -0.2) is 107 Å². The molecular weight excluding hydrogens is 560 g/mol. The number of carboxylic acids is 4. The van der Waals surface area contributed by atoms with E-state index in [1.807, 2.05) is 0 Å². The van der Waals surface area contributed by atoms with Gasteiger partial charge in [-0.2, -0.15) is 0 Å². The largest absolute Gasteiger partial charge is 0.478 e. The molecule has 0 saturated carbocycles. The number of aryl methyl sites for hydroxylation is 2. The van der Waals surface area contributed by atoms with Gasteiger partial charge in [-0.3, -0.25) is 4.90 Å². The van der Waals surface area contributed by atoms with E-state index in [4.69, 9.17) is 29.9 Å². The van der Waals surface area contributed by atoms with E-state index in [0.29, 0.717) is 30.9 Å². The predicted molar refractivity (Wildman–Crippen MR) is 155 cm³/mol. The minimum Gasteiger partial charge on any atom is -0.478 e. The summed E-state index contributed by atoms with van der Waals surface area (Å²) in [5.74, 6) is -5.78. The van der Waals surface area contributed by atoms with Crippen LogP contribution in [0.4, 0.5) is 0 Å². The van der Waals surface area contributed by atoms with Crippen molar-refractivity contribution in [2.45, 2.75) is 24.7 Å². The Morgan fingerprint density at radius 2 is 1.16 bits per heavy atom. The van der Waals surface area contributed by atoms with Gasteiger partial charge in [0.25, 0.3) is 0 Å². The third-order valence-electron chi connectivity index (χ3n) is 7.01. The Hall–Kier alpha value is -4.36. The van der Waals surface area contributed by atoms with Crippen molar-refractivity contribution >= 4 is 23.9 Å². The van der Waals surface area contributed by atoms with Crippen LogP contribution in [0.2, 0.25) is 0 Å². The summed E-state index contributed by atoms with van der Waals surface area (Å²) in [6.07, 6.45) is 4.40. The van der Waals surface area contributed by atoms with E-state index < -0.39 is 29.7 Å². The van der Waals surface area contributed by atoms with Crippen LogP contribution in [0.3, 0.4) is 0 Å². The Kier molecular flexibility index (Phi) is 12.1. The molecule has 0 amide bonds. The summed E-state index contributed by atoms with van der Waals surface area (Å²) < 4.78 is 13.3. The van der Waals surface area contributed by atoms with E-state index in [1.54, 1.807) is 0 Å². The van der Waals surface area contributed by atoms with Gasteiger partial charge in [0, 0.05) is 68.2 Å². The van der Waals surface area contributed by atoms with Crippen molar-refractivity contribution < 1.29 is 49.1 Å². The molecule has 2 heterocycles. The van der Waals surface area contributed by atoms with E-state index in [-0.39, 0.29) is 6.10 Å².